The van der Waals surface area contributed by atoms with E-state index in [1.807, 2.05) is 0 Å². The van der Waals surface area contributed by atoms with Gasteiger partial charge in [0.25, 0.3) is 0 Å². The Kier molecular flexibility index (Phi) is 6.37. The van der Waals surface area contributed by atoms with E-state index in [9.17, 15) is 14.8 Å². The van der Waals surface area contributed by atoms with E-state index in [4.69, 9.17) is 14.6 Å². The Morgan fingerprint density at radius 3 is 2.48 bits per heavy atom. The number of carbonyl (C=O) groups is 2. The zero-order valence-corrected chi connectivity index (χ0v) is 15.1. The van der Waals surface area contributed by atoms with Gasteiger partial charge < -0.3 is 24.4 Å². The molecule has 1 unspecified atom stereocenters. The summed E-state index contributed by atoms with van der Waals surface area (Å²) in [4.78, 5) is 23.9. The number of hydrogen-bond acceptors (Lipinski definition) is 6. The van der Waals surface area contributed by atoms with Gasteiger partial charge in [-0.05, 0) is 20.8 Å². The molecule has 7 heteroatoms. The summed E-state index contributed by atoms with van der Waals surface area (Å²) in [6.07, 6.45) is 3.88. The molecular formula is C18H27NO6. The average Bonchev–Trinajstić information content (AvgIpc) is 3.09. The number of allylic oxidation sites excluding steroid dienone is 2. The van der Waals surface area contributed by atoms with E-state index in [0.717, 1.165) is 0 Å². The van der Waals surface area contributed by atoms with Crippen molar-refractivity contribution in [2.75, 3.05) is 26.3 Å². The second kappa shape index (κ2) is 8.12. The third-order valence-corrected chi connectivity index (χ3v) is 5.30. The van der Waals surface area contributed by atoms with E-state index >= 15 is 0 Å². The number of aliphatic hydroxyl groups is 1. The van der Waals surface area contributed by atoms with Crippen LogP contribution < -0.4 is 0 Å². The van der Waals surface area contributed by atoms with Crippen LogP contribution in [0.4, 0.5) is 0 Å². The van der Waals surface area contributed by atoms with Gasteiger partial charge in [0.05, 0.1) is 31.2 Å². The lowest BCUT2D eigenvalue weighted by molar-refractivity contribution is -0.882. The molecule has 7 nitrogen and oxygen atoms in total. The Bertz CT molecular complexity index is 584. The van der Waals surface area contributed by atoms with Gasteiger partial charge in [0.15, 0.2) is 6.10 Å². The Morgan fingerprint density at radius 1 is 1.20 bits per heavy atom. The molecule has 0 aliphatic carbocycles. The van der Waals surface area contributed by atoms with Crippen LogP contribution in [0.3, 0.4) is 0 Å². The maximum atomic E-state index is 12.9. The van der Waals surface area contributed by atoms with Gasteiger partial charge in [-0.25, -0.2) is 9.59 Å². The summed E-state index contributed by atoms with van der Waals surface area (Å²) in [6.45, 7) is 5.67. The maximum Gasteiger partial charge on any atom is 0.336 e. The van der Waals surface area contributed by atoms with Gasteiger partial charge in [-0.3, -0.25) is 0 Å². The fourth-order valence-corrected chi connectivity index (χ4v) is 3.68. The summed E-state index contributed by atoms with van der Waals surface area (Å²) in [5, 5.41) is 22.0. The van der Waals surface area contributed by atoms with E-state index in [1.54, 1.807) is 26.8 Å². The summed E-state index contributed by atoms with van der Waals surface area (Å²) in [7, 11) is 0. The minimum Gasteiger partial charge on any atom is -0.632 e. The zero-order chi connectivity index (χ0) is 18.6. The maximum absolute atomic E-state index is 12.9. The summed E-state index contributed by atoms with van der Waals surface area (Å²) < 4.78 is 10.4. The van der Waals surface area contributed by atoms with Crippen LogP contribution >= 0.6 is 0 Å². The van der Waals surface area contributed by atoms with Gasteiger partial charge in [-0.15, -0.1) is 0 Å². The summed E-state index contributed by atoms with van der Waals surface area (Å²) >= 11 is 0. The fraction of sp³-hybridized carbons (Fsp3) is 0.667. The van der Waals surface area contributed by atoms with E-state index < -0.39 is 24.1 Å². The SMILES string of the molecule is C/C=C(/C)C(=O)O[C@@H]1CC[N+]2([O-])CC[C@H](COC(=O)/C(=C\C)CO)[C@H]12. The van der Waals surface area contributed by atoms with E-state index in [1.165, 1.54) is 6.08 Å². The second-order valence-electron chi connectivity index (χ2n) is 6.71. The standard InChI is InChI=1S/C18H27NO6/c1-4-12(3)17(21)25-15-7-9-19(23)8-6-14(16(15)19)11-24-18(22)13(5-2)10-20/h4-5,14-16,20H,6-11H2,1-3H3/b12-4-,13-5-/t14-,15-,16-,19?/m1/s1. The van der Waals surface area contributed by atoms with Crippen molar-refractivity contribution in [3.63, 3.8) is 0 Å². The first-order chi connectivity index (χ1) is 11.9. The molecule has 0 radical (unpaired) electrons. The third kappa shape index (κ3) is 4.11. The smallest absolute Gasteiger partial charge is 0.336 e. The van der Waals surface area contributed by atoms with Crippen molar-refractivity contribution in [1.29, 1.82) is 0 Å². The molecule has 2 saturated heterocycles. The van der Waals surface area contributed by atoms with Crippen LogP contribution in [0.15, 0.2) is 23.3 Å². The number of hydroxylamine groups is 3. The van der Waals surface area contributed by atoms with Crippen LogP contribution in [-0.4, -0.2) is 60.1 Å². The predicted molar refractivity (Wildman–Crippen MR) is 91.0 cm³/mol. The lowest BCUT2D eigenvalue weighted by atomic mass is 9.97. The van der Waals surface area contributed by atoms with Crippen LogP contribution in [0.2, 0.25) is 0 Å². The van der Waals surface area contributed by atoms with E-state index in [-0.39, 0.29) is 29.4 Å². The average molecular weight is 353 g/mol. The number of quaternary nitrogens is 1. The lowest BCUT2D eigenvalue weighted by Gasteiger charge is -2.40. The highest BCUT2D eigenvalue weighted by molar-refractivity contribution is 5.88. The second-order valence-corrected chi connectivity index (χ2v) is 6.71. The number of fused-ring (bicyclic) bond motifs is 1. The molecule has 140 valence electrons. The van der Waals surface area contributed by atoms with Crippen LogP contribution in [0.25, 0.3) is 0 Å². The van der Waals surface area contributed by atoms with Crippen molar-refractivity contribution in [2.24, 2.45) is 5.92 Å². The minimum atomic E-state index is -0.572. The van der Waals surface area contributed by atoms with Crippen molar-refractivity contribution < 1.29 is 28.8 Å². The molecule has 0 amide bonds. The minimum absolute atomic E-state index is 0.0970. The highest BCUT2D eigenvalue weighted by Crippen LogP contribution is 2.41. The van der Waals surface area contributed by atoms with Gasteiger partial charge in [0, 0.05) is 18.4 Å². The van der Waals surface area contributed by atoms with Gasteiger partial charge in [-0.1, -0.05) is 12.2 Å². The molecule has 0 saturated carbocycles. The lowest BCUT2D eigenvalue weighted by Crippen LogP contribution is -2.48. The summed E-state index contributed by atoms with van der Waals surface area (Å²) in [5.74, 6) is -1.12. The van der Waals surface area contributed by atoms with Gasteiger partial charge in [-0.2, -0.15) is 0 Å². The number of hydrogen-bond donors (Lipinski definition) is 1. The number of rotatable bonds is 6. The van der Waals surface area contributed by atoms with Gasteiger partial charge >= 0.3 is 11.9 Å². The monoisotopic (exact) mass is 353 g/mol. The first kappa shape index (κ1) is 19.6. The molecule has 4 atom stereocenters. The quantitative estimate of drug-likeness (QED) is 0.336. The molecule has 0 aromatic carbocycles. The first-order valence-corrected chi connectivity index (χ1v) is 8.71. The predicted octanol–water partition coefficient (Wildman–Crippen LogP) is 1.45. The molecule has 0 bridgehead atoms. The van der Waals surface area contributed by atoms with Gasteiger partial charge in [0.2, 0.25) is 0 Å². The number of aliphatic hydroxyl groups excluding tert-OH is 1. The Morgan fingerprint density at radius 2 is 1.88 bits per heavy atom. The molecule has 1 N–H and O–H groups in total. The molecular weight excluding hydrogens is 326 g/mol. The van der Waals surface area contributed by atoms with Crippen LogP contribution in [0.5, 0.6) is 0 Å². The Balaban J connectivity index is 2.03. The highest BCUT2D eigenvalue weighted by Gasteiger charge is 2.54. The summed E-state index contributed by atoms with van der Waals surface area (Å²) in [6, 6.07) is -0.399. The largest absolute Gasteiger partial charge is 0.632 e. The van der Waals surface area contributed by atoms with Crippen LogP contribution in [0.1, 0.15) is 33.6 Å². The van der Waals surface area contributed by atoms with Crippen LogP contribution in [0, 0.1) is 11.1 Å². The fourth-order valence-electron chi connectivity index (χ4n) is 3.68. The molecule has 0 spiro atoms. The van der Waals surface area contributed by atoms with Crippen molar-refractivity contribution in [3.8, 4) is 0 Å². The first-order valence-electron chi connectivity index (χ1n) is 8.71. The normalized spacial score (nSPS) is 32.4. The molecule has 2 aliphatic heterocycles. The molecule has 2 rings (SSSR count). The van der Waals surface area contributed by atoms with E-state index in [0.29, 0.717) is 31.5 Å². The number of carbonyl (C=O) groups excluding carboxylic acids is 2. The van der Waals surface area contributed by atoms with Crippen molar-refractivity contribution in [1.82, 2.24) is 0 Å². The van der Waals surface area contributed by atoms with Crippen LogP contribution in [-0.2, 0) is 19.1 Å². The Hall–Kier alpha value is -1.70. The van der Waals surface area contributed by atoms with E-state index in [2.05, 4.69) is 0 Å². The molecule has 25 heavy (non-hydrogen) atoms. The Labute approximate surface area is 148 Å². The number of nitrogens with zero attached hydrogens (tertiary/aromatic N) is 1. The van der Waals surface area contributed by atoms with Crippen molar-refractivity contribution in [3.05, 3.63) is 28.5 Å². The topological polar surface area (TPSA) is 95.9 Å². The number of esters is 2. The molecule has 0 aromatic heterocycles. The number of ether oxygens (including phenoxy) is 2. The summed E-state index contributed by atoms with van der Waals surface area (Å²) in [5.41, 5.74) is 0.705. The zero-order valence-electron chi connectivity index (χ0n) is 15.1. The third-order valence-electron chi connectivity index (χ3n) is 5.30. The van der Waals surface area contributed by atoms with Gasteiger partial charge in [0.1, 0.15) is 12.6 Å². The molecule has 2 aliphatic rings. The molecule has 2 fully saturated rings. The van der Waals surface area contributed by atoms with Crippen molar-refractivity contribution in [2.45, 2.75) is 45.8 Å². The highest BCUT2D eigenvalue weighted by atomic mass is 16.6. The molecule has 2 heterocycles. The molecule has 0 aromatic rings. The van der Waals surface area contributed by atoms with Crippen molar-refractivity contribution >= 4 is 11.9 Å².